The Morgan fingerprint density at radius 2 is 2.43 bits per heavy atom. The molecule has 14 heavy (non-hydrogen) atoms. The number of carboxylic acids is 1. The van der Waals surface area contributed by atoms with E-state index in [0.717, 1.165) is 0 Å². The maximum absolute atomic E-state index is 10.3. The number of carbonyl (C=O) groups is 1. The first-order chi connectivity index (χ1) is 6.77. The van der Waals surface area contributed by atoms with Gasteiger partial charge in [0.2, 0.25) is 0 Å². The summed E-state index contributed by atoms with van der Waals surface area (Å²) in [6, 6.07) is 0. The van der Waals surface area contributed by atoms with Gasteiger partial charge in [0, 0.05) is 12.6 Å². The van der Waals surface area contributed by atoms with Crippen molar-refractivity contribution in [1.82, 2.24) is 15.1 Å². The van der Waals surface area contributed by atoms with Crippen LogP contribution in [-0.4, -0.2) is 26.2 Å². The van der Waals surface area contributed by atoms with Crippen molar-refractivity contribution >= 4 is 17.1 Å². The fourth-order valence-corrected chi connectivity index (χ4v) is 1.14. The van der Waals surface area contributed by atoms with E-state index in [2.05, 4.69) is 15.1 Å². The lowest BCUT2D eigenvalue weighted by Gasteiger charge is -1.90. The molecule has 2 aromatic heterocycles. The molecular formula is C8H7N3O3. The highest BCUT2D eigenvalue weighted by molar-refractivity contribution is 5.75. The Morgan fingerprint density at radius 3 is 3.21 bits per heavy atom. The molecule has 0 unspecified atom stereocenters. The molecule has 0 aliphatic carbocycles. The molecule has 6 heteroatoms. The first-order valence-electron chi connectivity index (χ1n) is 4.03. The highest BCUT2D eigenvalue weighted by Crippen LogP contribution is 2.15. The lowest BCUT2D eigenvalue weighted by atomic mass is 10.2. The summed E-state index contributed by atoms with van der Waals surface area (Å²) in [5.41, 5.74) is 0.975. The van der Waals surface area contributed by atoms with Crippen LogP contribution in [0.2, 0.25) is 0 Å². The Labute approximate surface area is 78.6 Å². The van der Waals surface area contributed by atoms with E-state index in [-0.39, 0.29) is 6.42 Å². The van der Waals surface area contributed by atoms with Gasteiger partial charge in [0.25, 0.3) is 5.71 Å². The van der Waals surface area contributed by atoms with Gasteiger partial charge in [-0.25, -0.2) is 4.98 Å². The van der Waals surface area contributed by atoms with Gasteiger partial charge in [0.15, 0.2) is 0 Å². The van der Waals surface area contributed by atoms with Crippen molar-refractivity contribution in [1.29, 1.82) is 0 Å². The number of aryl methyl sites for hydroxylation is 1. The summed E-state index contributed by atoms with van der Waals surface area (Å²) in [7, 11) is 0. The highest BCUT2D eigenvalue weighted by atomic mass is 16.5. The number of aliphatic carboxylic acids is 1. The smallest absolute Gasteiger partial charge is 0.303 e. The van der Waals surface area contributed by atoms with E-state index in [1.54, 1.807) is 6.20 Å². The monoisotopic (exact) mass is 193 g/mol. The second-order valence-electron chi connectivity index (χ2n) is 2.76. The van der Waals surface area contributed by atoms with Crippen molar-refractivity contribution in [2.24, 2.45) is 0 Å². The molecule has 0 saturated heterocycles. The average Bonchev–Trinajstić information content (AvgIpc) is 2.58. The minimum absolute atomic E-state index is 0.0243. The molecule has 2 rings (SSSR count). The van der Waals surface area contributed by atoms with Crippen molar-refractivity contribution in [2.45, 2.75) is 12.8 Å². The van der Waals surface area contributed by atoms with Crippen LogP contribution in [0.15, 0.2) is 17.0 Å². The van der Waals surface area contributed by atoms with Gasteiger partial charge in [-0.1, -0.05) is 5.16 Å². The lowest BCUT2D eigenvalue weighted by molar-refractivity contribution is -0.136. The molecule has 2 aromatic rings. The SMILES string of the molecule is O=C(O)CCc1noc2ncncc12. The third kappa shape index (κ3) is 1.54. The number of carboxylic acid groups (broad SMARTS) is 1. The van der Waals surface area contributed by atoms with E-state index in [1.165, 1.54) is 6.33 Å². The summed E-state index contributed by atoms with van der Waals surface area (Å²) in [4.78, 5) is 18.0. The van der Waals surface area contributed by atoms with Crippen molar-refractivity contribution < 1.29 is 14.4 Å². The molecule has 0 aliphatic rings. The fourth-order valence-electron chi connectivity index (χ4n) is 1.14. The average molecular weight is 193 g/mol. The summed E-state index contributed by atoms with van der Waals surface area (Å²) < 4.78 is 4.89. The zero-order valence-electron chi connectivity index (χ0n) is 7.17. The molecule has 1 N–H and O–H groups in total. The Hall–Kier alpha value is -1.98. The predicted octanol–water partition coefficient (Wildman–Crippen LogP) is 0.635. The van der Waals surface area contributed by atoms with Crippen molar-refractivity contribution in [3.63, 3.8) is 0 Å². The van der Waals surface area contributed by atoms with E-state index in [1.807, 2.05) is 0 Å². The van der Waals surface area contributed by atoms with E-state index < -0.39 is 5.97 Å². The molecule has 0 atom stereocenters. The van der Waals surface area contributed by atoms with Crippen LogP contribution < -0.4 is 0 Å². The molecule has 72 valence electrons. The highest BCUT2D eigenvalue weighted by Gasteiger charge is 2.09. The molecule has 0 aliphatic heterocycles. The van der Waals surface area contributed by atoms with E-state index in [4.69, 9.17) is 9.63 Å². The van der Waals surface area contributed by atoms with E-state index >= 15 is 0 Å². The van der Waals surface area contributed by atoms with Gasteiger partial charge >= 0.3 is 5.97 Å². The number of aromatic nitrogens is 3. The van der Waals surface area contributed by atoms with Crippen LogP contribution in [0.25, 0.3) is 11.1 Å². The number of fused-ring (bicyclic) bond motifs is 1. The summed E-state index contributed by atoms with van der Waals surface area (Å²) in [6.45, 7) is 0. The number of hydrogen-bond donors (Lipinski definition) is 1. The third-order valence-corrected chi connectivity index (χ3v) is 1.80. The summed E-state index contributed by atoms with van der Waals surface area (Å²) in [5, 5.41) is 12.9. The van der Waals surface area contributed by atoms with Gasteiger partial charge in [-0.05, 0) is 0 Å². The van der Waals surface area contributed by atoms with Crippen molar-refractivity contribution in [2.75, 3.05) is 0 Å². The van der Waals surface area contributed by atoms with Crippen LogP contribution in [0.5, 0.6) is 0 Å². The normalized spacial score (nSPS) is 10.6. The Morgan fingerprint density at radius 1 is 1.57 bits per heavy atom. The minimum Gasteiger partial charge on any atom is -0.481 e. The Kier molecular flexibility index (Phi) is 2.10. The second-order valence-corrected chi connectivity index (χ2v) is 2.76. The number of hydrogen-bond acceptors (Lipinski definition) is 5. The molecular weight excluding hydrogens is 186 g/mol. The maximum Gasteiger partial charge on any atom is 0.303 e. The summed E-state index contributed by atoms with van der Waals surface area (Å²) in [5.74, 6) is -0.863. The van der Waals surface area contributed by atoms with Crippen LogP contribution in [-0.2, 0) is 11.2 Å². The Bertz CT molecular complexity index is 466. The van der Waals surface area contributed by atoms with Crippen LogP contribution in [0, 0.1) is 0 Å². The molecule has 0 saturated carbocycles. The van der Waals surface area contributed by atoms with E-state index in [9.17, 15) is 4.79 Å². The number of rotatable bonds is 3. The molecule has 0 amide bonds. The van der Waals surface area contributed by atoms with Crippen molar-refractivity contribution in [3.8, 4) is 0 Å². The Balaban J connectivity index is 2.29. The van der Waals surface area contributed by atoms with Gasteiger partial charge in [0.05, 0.1) is 17.5 Å². The zero-order valence-corrected chi connectivity index (χ0v) is 7.17. The van der Waals surface area contributed by atoms with Crippen LogP contribution in [0.3, 0.4) is 0 Å². The first kappa shape index (κ1) is 8.61. The zero-order chi connectivity index (χ0) is 9.97. The summed E-state index contributed by atoms with van der Waals surface area (Å²) >= 11 is 0. The van der Waals surface area contributed by atoms with Crippen LogP contribution in [0.4, 0.5) is 0 Å². The lowest BCUT2D eigenvalue weighted by Crippen LogP contribution is -1.97. The fraction of sp³-hybridized carbons (Fsp3) is 0.250. The minimum atomic E-state index is -0.863. The molecule has 0 bridgehead atoms. The van der Waals surface area contributed by atoms with Gasteiger partial charge < -0.3 is 9.63 Å². The van der Waals surface area contributed by atoms with Gasteiger partial charge in [0.1, 0.15) is 6.33 Å². The largest absolute Gasteiger partial charge is 0.481 e. The van der Waals surface area contributed by atoms with E-state index in [0.29, 0.717) is 23.2 Å². The predicted molar refractivity (Wildman–Crippen MR) is 45.6 cm³/mol. The van der Waals surface area contributed by atoms with Gasteiger partial charge in [-0.3, -0.25) is 4.79 Å². The standard InChI is InChI=1S/C8H7N3O3/c12-7(13)2-1-6-5-3-9-4-10-8(5)14-11-6/h3-4H,1-2H2,(H,12,13). The molecule has 0 aromatic carbocycles. The first-order valence-corrected chi connectivity index (χ1v) is 4.03. The summed E-state index contributed by atoms with van der Waals surface area (Å²) in [6.07, 6.45) is 3.27. The molecule has 6 nitrogen and oxygen atoms in total. The molecule has 0 spiro atoms. The molecule has 0 fully saturated rings. The number of nitrogens with zero attached hydrogens (tertiary/aromatic N) is 3. The molecule has 0 radical (unpaired) electrons. The van der Waals surface area contributed by atoms with Crippen LogP contribution >= 0.6 is 0 Å². The topological polar surface area (TPSA) is 89.1 Å². The van der Waals surface area contributed by atoms with Gasteiger partial charge in [-0.15, -0.1) is 0 Å². The maximum atomic E-state index is 10.3. The van der Waals surface area contributed by atoms with Gasteiger partial charge in [-0.2, -0.15) is 4.98 Å². The van der Waals surface area contributed by atoms with Crippen molar-refractivity contribution in [3.05, 3.63) is 18.2 Å². The second kappa shape index (κ2) is 3.41. The quantitative estimate of drug-likeness (QED) is 0.769. The molecule has 2 heterocycles. The third-order valence-electron chi connectivity index (χ3n) is 1.80. The van der Waals surface area contributed by atoms with Crippen LogP contribution in [0.1, 0.15) is 12.1 Å².